The van der Waals surface area contributed by atoms with Crippen molar-refractivity contribution in [1.82, 2.24) is 0 Å². The van der Waals surface area contributed by atoms with E-state index < -0.39 is 30.0 Å². The van der Waals surface area contributed by atoms with Crippen molar-refractivity contribution in [3.63, 3.8) is 0 Å². The van der Waals surface area contributed by atoms with Gasteiger partial charge < -0.3 is 0 Å². The van der Waals surface area contributed by atoms with Gasteiger partial charge in [-0.05, 0) is 0 Å². The summed E-state index contributed by atoms with van der Waals surface area (Å²) in [6.07, 6.45) is 0. The van der Waals surface area contributed by atoms with Crippen LogP contribution >= 0.6 is 21.4 Å². The minimum atomic E-state index is -4.57. The number of halogens is 2. The molecule has 0 aromatic heterocycles. The summed E-state index contributed by atoms with van der Waals surface area (Å²) < 4.78 is 56.7. The maximum atomic E-state index is 10.2. The summed E-state index contributed by atoms with van der Waals surface area (Å²) in [7, 11) is -0.352. The molecule has 0 saturated heterocycles. The molecule has 0 aromatic carbocycles. The van der Waals surface area contributed by atoms with Crippen molar-refractivity contribution in [3.05, 3.63) is 0 Å². The standard InChI is InChI=1S/Cl2O7S3/c1-11(4,5)8-10(3)9-12(2,6)7. The summed E-state index contributed by atoms with van der Waals surface area (Å²) in [5, 5.41) is 0. The quantitative estimate of drug-likeness (QED) is 0.643. The lowest BCUT2D eigenvalue weighted by Gasteiger charge is -1.94. The van der Waals surface area contributed by atoms with Crippen LogP contribution in [0.4, 0.5) is 0 Å². The van der Waals surface area contributed by atoms with Crippen molar-refractivity contribution in [2.24, 2.45) is 0 Å². The average molecular weight is 279 g/mol. The number of hydrogen-bond acceptors (Lipinski definition) is 7. The van der Waals surface area contributed by atoms with Gasteiger partial charge in [-0.1, -0.05) is 0 Å². The Labute approximate surface area is 79.7 Å². The summed E-state index contributed by atoms with van der Waals surface area (Å²) >= 11 is -3.10. The Kier molecular flexibility index (Phi) is 4.37. The van der Waals surface area contributed by atoms with Gasteiger partial charge in [-0.3, -0.25) is 0 Å². The molecule has 0 spiro atoms. The second-order valence-electron chi connectivity index (χ2n) is 1.13. The van der Waals surface area contributed by atoms with Crippen LogP contribution in [0.3, 0.4) is 0 Å². The first kappa shape index (κ1) is 12.6. The molecule has 0 heterocycles. The van der Waals surface area contributed by atoms with E-state index in [9.17, 15) is 21.0 Å². The van der Waals surface area contributed by atoms with Crippen molar-refractivity contribution in [1.29, 1.82) is 0 Å². The molecule has 0 atom stereocenters. The monoisotopic (exact) mass is 278 g/mol. The average Bonchev–Trinajstić information content (AvgIpc) is 1.49. The van der Waals surface area contributed by atoms with Gasteiger partial charge in [0.1, 0.15) is 0 Å². The fourth-order valence-corrected chi connectivity index (χ4v) is 2.26. The Morgan fingerprint density at radius 3 is 1.33 bits per heavy atom. The molecule has 0 N–H and O–H groups in total. The summed E-state index contributed by atoms with van der Waals surface area (Å²) in [5.74, 6) is 0. The maximum absolute atomic E-state index is 10.2. The topological polar surface area (TPSA) is 104 Å². The molecule has 0 rings (SSSR count). The summed E-state index contributed by atoms with van der Waals surface area (Å²) in [4.78, 5) is 0. The zero-order chi connectivity index (χ0) is 9.99. The molecular weight excluding hydrogens is 279 g/mol. The van der Waals surface area contributed by atoms with Gasteiger partial charge in [0.2, 0.25) is 0 Å². The van der Waals surface area contributed by atoms with E-state index in [-0.39, 0.29) is 0 Å². The van der Waals surface area contributed by atoms with Crippen molar-refractivity contribution in [2.45, 2.75) is 0 Å². The molecule has 0 saturated carbocycles. The van der Waals surface area contributed by atoms with Crippen LogP contribution in [0.15, 0.2) is 0 Å². The molecule has 0 aliphatic rings. The zero-order valence-corrected chi connectivity index (χ0v) is 8.80. The highest BCUT2D eigenvalue weighted by atomic mass is 35.7. The minimum absolute atomic E-state index is 3.10. The molecule has 12 heteroatoms. The van der Waals surface area contributed by atoms with Gasteiger partial charge in [0.05, 0.1) is 21.4 Å². The normalized spacial score (nSPS) is 13.6. The van der Waals surface area contributed by atoms with E-state index in [4.69, 9.17) is 0 Å². The molecule has 0 aliphatic heterocycles. The van der Waals surface area contributed by atoms with Crippen LogP contribution in [-0.4, -0.2) is 21.0 Å². The van der Waals surface area contributed by atoms with E-state index in [2.05, 4.69) is 28.6 Å². The minimum Gasteiger partial charge on any atom is -0.195 e. The lowest BCUT2D eigenvalue weighted by molar-refractivity contribution is 0.450. The van der Waals surface area contributed by atoms with Gasteiger partial charge in [-0.25, -0.2) is 0 Å². The van der Waals surface area contributed by atoms with Gasteiger partial charge in [-0.15, -0.1) is 7.26 Å². The van der Waals surface area contributed by atoms with E-state index in [0.717, 1.165) is 0 Å². The fraction of sp³-hybridized carbons (Fsp3) is 0. The van der Waals surface area contributed by atoms with Gasteiger partial charge in [0.15, 0.2) is 0 Å². The molecule has 0 unspecified atom stereocenters. The summed E-state index contributed by atoms with van der Waals surface area (Å²) in [6.45, 7) is 0. The van der Waals surface area contributed by atoms with Crippen LogP contribution in [0.25, 0.3) is 0 Å². The Balaban J connectivity index is 4.30. The van der Waals surface area contributed by atoms with Crippen LogP contribution in [0.2, 0.25) is 0 Å². The second kappa shape index (κ2) is 4.17. The van der Waals surface area contributed by atoms with E-state index in [0.29, 0.717) is 0 Å². The van der Waals surface area contributed by atoms with Crippen LogP contribution in [-0.2, 0) is 37.3 Å². The van der Waals surface area contributed by atoms with Crippen molar-refractivity contribution in [3.8, 4) is 0 Å². The van der Waals surface area contributed by atoms with E-state index in [1.54, 1.807) is 0 Å². The van der Waals surface area contributed by atoms with Crippen LogP contribution in [0.5, 0.6) is 0 Å². The van der Waals surface area contributed by atoms with E-state index in [1.807, 2.05) is 0 Å². The van der Waals surface area contributed by atoms with Crippen molar-refractivity contribution >= 4 is 51.4 Å². The predicted octanol–water partition coefficient (Wildman–Crippen LogP) is -0.435. The third-order valence-electron chi connectivity index (χ3n) is 0.274. The molecule has 0 fully saturated rings. The lowest BCUT2D eigenvalue weighted by atomic mass is 15.8. The first-order valence-corrected chi connectivity index (χ1v) is 7.28. The van der Waals surface area contributed by atoms with E-state index >= 15 is 0 Å². The predicted molar refractivity (Wildman–Crippen MR) is 39.9 cm³/mol. The molecule has 0 radical (unpaired) electrons. The SMILES string of the molecule is O=S(OS(=O)(=O)Cl)OS(=O)(=O)Cl. The Morgan fingerprint density at radius 2 is 1.17 bits per heavy atom. The zero-order valence-electron chi connectivity index (χ0n) is 4.84. The molecule has 0 bridgehead atoms. The van der Waals surface area contributed by atoms with Gasteiger partial charge in [0, 0.05) is 0 Å². The molecular formula is Cl2O7S3. The first-order chi connectivity index (χ1) is 5.10. The largest absolute Gasteiger partial charge is 0.370 e. The maximum Gasteiger partial charge on any atom is 0.370 e. The third-order valence-corrected chi connectivity index (χ3v) is 3.39. The fourth-order valence-electron chi connectivity index (χ4n) is 0.144. The highest BCUT2D eigenvalue weighted by Gasteiger charge is 2.19. The Morgan fingerprint density at radius 1 is 0.917 bits per heavy atom. The molecule has 74 valence electrons. The van der Waals surface area contributed by atoms with E-state index in [1.165, 1.54) is 0 Å². The summed E-state index contributed by atoms with van der Waals surface area (Å²) in [6, 6.07) is 0. The van der Waals surface area contributed by atoms with Gasteiger partial charge in [-0.2, -0.15) is 21.0 Å². The van der Waals surface area contributed by atoms with Crippen LogP contribution in [0.1, 0.15) is 0 Å². The summed E-state index contributed by atoms with van der Waals surface area (Å²) in [5.41, 5.74) is 0. The molecule has 0 amide bonds. The lowest BCUT2D eigenvalue weighted by Crippen LogP contribution is -2.07. The molecule has 7 nitrogen and oxygen atoms in total. The third kappa shape index (κ3) is 8.64. The highest BCUT2D eigenvalue weighted by Crippen LogP contribution is 2.08. The molecule has 0 aromatic rings. The number of hydrogen-bond donors (Lipinski definition) is 0. The smallest absolute Gasteiger partial charge is 0.195 e. The van der Waals surface area contributed by atoms with Crippen LogP contribution < -0.4 is 0 Å². The Bertz CT molecular complexity index is 323. The van der Waals surface area contributed by atoms with Crippen LogP contribution in [0, 0.1) is 0 Å². The highest BCUT2D eigenvalue weighted by molar-refractivity contribution is 8.17. The molecule has 12 heavy (non-hydrogen) atoms. The van der Waals surface area contributed by atoms with Crippen molar-refractivity contribution in [2.75, 3.05) is 0 Å². The van der Waals surface area contributed by atoms with Gasteiger partial charge in [0.25, 0.3) is 0 Å². The first-order valence-electron chi connectivity index (χ1n) is 1.81. The number of rotatable bonds is 4. The Hall–Kier alpha value is 0.550. The molecule has 0 aliphatic carbocycles. The van der Waals surface area contributed by atoms with Crippen molar-refractivity contribution < 1.29 is 28.3 Å². The van der Waals surface area contributed by atoms with Gasteiger partial charge >= 0.3 is 30.0 Å². The second-order valence-corrected chi connectivity index (χ2v) is 6.46.